The summed E-state index contributed by atoms with van der Waals surface area (Å²) in [5.41, 5.74) is 6.87. The third-order valence-electron chi connectivity index (χ3n) is 3.94. The summed E-state index contributed by atoms with van der Waals surface area (Å²) in [5.74, 6) is 1.26. The maximum absolute atomic E-state index is 5.98. The van der Waals surface area contributed by atoms with Crippen LogP contribution in [0.2, 0.25) is 0 Å². The summed E-state index contributed by atoms with van der Waals surface area (Å²) in [6.45, 7) is 5.35. The van der Waals surface area contributed by atoms with Crippen molar-refractivity contribution >= 4 is 11.6 Å². The molecule has 116 valence electrons. The first kappa shape index (κ1) is 15.6. The van der Waals surface area contributed by atoms with E-state index in [-0.39, 0.29) is 0 Å². The van der Waals surface area contributed by atoms with Crippen molar-refractivity contribution in [2.24, 2.45) is 10.7 Å². The summed E-state index contributed by atoms with van der Waals surface area (Å²) >= 11 is 0. The average Bonchev–Trinajstić information content (AvgIpc) is 3.02. The van der Waals surface area contributed by atoms with E-state index >= 15 is 0 Å². The fourth-order valence-corrected chi connectivity index (χ4v) is 2.70. The molecule has 1 aliphatic heterocycles. The van der Waals surface area contributed by atoms with Crippen molar-refractivity contribution in [3.63, 3.8) is 0 Å². The molecule has 0 aromatic heterocycles. The van der Waals surface area contributed by atoms with E-state index in [9.17, 15) is 0 Å². The van der Waals surface area contributed by atoms with E-state index in [1.165, 1.54) is 25.9 Å². The Morgan fingerprint density at radius 1 is 1.43 bits per heavy atom. The molecule has 0 bridgehead atoms. The molecule has 1 fully saturated rings. The number of nitrogens with two attached hydrogens (primary N) is 1. The average molecular weight is 290 g/mol. The van der Waals surface area contributed by atoms with Gasteiger partial charge in [0.2, 0.25) is 0 Å². The molecule has 2 rings (SSSR count). The number of aliphatic imine (C=N–C) groups is 1. The minimum Gasteiger partial charge on any atom is -0.497 e. The number of hydrogen-bond donors (Lipinski definition) is 2. The highest BCUT2D eigenvalue weighted by molar-refractivity contribution is 5.92. The topological polar surface area (TPSA) is 62.9 Å². The van der Waals surface area contributed by atoms with Gasteiger partial charge in [-0.25, -0.2) is 0 Å². The van der Waals surface area contributed by atoms with Crippen LogP contribution in [0.25, 0.3) is 0 Å². The van der Waals surface area contributed by atoms with Crippen LogP contribution in [0.4, 0.5) is 5.69 Å². The number of hydrogen-bond acceptors (Lipinski definition) is 3. The fraction of sp³-hybridized carbons (Fsp3) is 0.562. The zero-order chi connectivity index (χ0) is 15.1. The van der Waals surface area contributed by atoms with Gasteiger partial charge >= 0.3 is 0 Å². The standard InChI is InChI=1S/C16H26N4O/c1-3-14(20-9-4-5-10-20)12-18-16(17)19-13-7-6-8-15(11-13)21-2/h6-8,11,14H,3-5,9-10,12H2,1-2H3,(H3,17,18,19). The zero-order valence-electron chi connectivity index (χ0n) is 13.0. The van der Waals surface area contributed by atoms with Crippen LogP contribution in [0.5, 0.6) is 5.75 Å². The molecule has 5 heteroatoms. The summed E-state index contributed by atoms with van der Waals surface area (Å²) in [7, 11) is 1.65. The van der Waals surface area contributed by atoms with Crippen LogP contribution >= 0.6 is 0 Å². The number of anilines is 1. The van der Waals surface area contributed by atoms with Gasteiger partial charge < -0.3 is 15.8 Å². The van der Waals surface area contributed by atoms with Crippen molar-refractivity contribution in [2.75, 3.05) is 32.1 Å². The van der Waals surface area contributed by atoms with E-state index in [1.807, 2.05) is 24.3 Å². The highest BCUT2D eigenvalue weighted by atomic mass is 16.5. The maximum atomic E-state index is 5.98. The van der Waals surface area contributed by atoms with E-state index < -0.39 is 0 Å². The highest BCUT2D eigenvalue weighted by Gasteiger charge is 2.19. The molecule has 1 heterocycles. The molecule has 1 aliphatic rings. The van der Waals surface area contributed by atoms with Gasteiger partial charge in [0, 0.05) is 17.8 Å². The lowest BCUT2D eigenvalue weighted by Gasteiger charge is -2.24. The fourth-order valence-electron chi connectivity index (χ4n) is 2.70. The normalized spacial score (nSPS) is 17.7. The quantitative estimate of drug-likeness (QED) is 0.623. The second-order valence-corrected chi connectivity index (χ2v) is 5.39. The largest absolute Gasteiger partial charge is 0.497 e. The van der Waals surface area contributed by atoms with Gasteiger partial charge in [0.1, 0.15) is 5.75 Å². The van der Waals surface area contributed by atoms with Gasteiger partial charge in [-0.1, -0.05) is 13.0 Å². The van der Waals surface area contributed by atoms with Crippen molar-refractivity contribution in [1.29, 1.82) is 0 Å². The van der Waals surface area contributed by atoms with Crippen LogP contribution in [0, 0.1) is 0 Å². The number of likely N-dealkylation sites (tertiary alicyclic amines) is 1. The first-order valence-electron chi connectivity index (χ1n) is 7.68. The van der Waals surface area contributed by atoms with Gasteiger partial charge in [0.05, 0.1) is 13.7 Å². The lowest BCUT2D eigenvalue weighted by Crippen LogP contribution is -2.35. The number of rotatable bonds is 6. The van der Waals surface area contributed by atoms with Crippen LogP contribution in [-0.4, -0.2) is 43.6 Å². The van der Waals surface area contributed by atoms with E-state index in [4.69, 9.17) is 10.5 Å². The Labute approximate surface area is 127 Å². The molecule has 1 aromatic carbocycles. The van der Waals surface area contributed by atoms with Gasteiger partial charge in [-0.3, -0.25) is 9.89 Å². The molecule has 0 saturated carbocycles. The van der Waals surface area contributed by atoms with Gasteiger partial charge in [-0.2, -0.15) is 0 Å². The first-order chi connectivity index (χ1) is 10.2. The molecule has 0 spiro atoms. The smallest absolute Gasteiger partial charge is 0.193 e. The number of benzene rings is 1. The Morgan fingerprint density at radius 2 is 2.19 bits per heavy atom. The molecule has 1 unspecified atom stereocenters. The second-order valence-electron chi connectivity index (χ2n) is 5.39. The van der Waals surface area contributed by atoms with Gasteiger partial charge in [0.15, 0.2) is 5.96 Å². The summed E-state index contributed by atoms with van der Waals surface area (Å²) < 4.78 is 5.19. The molecule has 5 nitrogen and oxygen atoms in total. The van der Waals surface area contributed by atoms with E-state index in [1.54, 1.807) is 7.11 Å². The third-order valence-corrected chi connectivity index (χ3v) is 3.94. The van der Waals surface area contributed by atoms with Crippen LogP contribution in [0.3, 0.4) is 0 Å². The van der Waals surface area contributed by atoms with Crippen LogP contribution in [0.15, 0.2) is 29.3 Å². The number of methoxy groups -OCH3 is 1. The molecular formula is C16H26N4O. The summed E-state index contributed by atoms with van der Waals surface area (Å²) in [5, 5.41) is 3.12. The molecule has 1 aromatic rings. The predicted molar refractivity (Wildman–Crippen MR) is 88.0 cm³/mol. The molecule has 0 aliphatic carbocycles. The monoisotopic (exact) mass is 290 g/mol. The number of nitrogens with one attached hydrogen (secondary N) is 1. The molecule has 1 atom stereocenters. The molecule has 21 heavy (non-hydrogen) atoms. The number of nitrogens with zero attached hydrogens (tertiary/aromatic N) is 2. The number of guanidine groups is 1. The summed E-state index contributed by atoms with van der Waals surface area (Å²) in [6, 6.07) is 8.17. The molecular weight excluding hydrogens is 264 g/mol. The highest BCUT2D eigenvalue weighted by Crippen LogP contribution is 2.17. The summed E-state index contributed by atoms with van der Waals surface area (Å²) in [4.78, 5) is 7.01. The van der Waals surface area contributed by atoms with E-state index in [0.717, 1.165) is 24.4 Å². The molecule has 1 saturated heterocycles. The van der Waals surface area contributed by atoms with E-state index in [0.29, 0.717) is 12.0 Å². The van der Waals surface area contributed by atoms with Crippen LogP contribution in [-0.2, 0) is 0 Å². The van der Waals surface area contributed by atoms with Gasteiger partial charge in [0.25, 0.3) is 0 Å². The molecule has 0 amide bonds. The van der Waals surface area contributed by atoms with Crippen LogP contribution in [0.1, 0.15) is 26.2 Å². The van der Waals surface area contributed by atoms with Crippen molar-refractivity contribution in [3.8, 4) is 5.75 Å². The van der Waals surface area contributed by atoms with Crippen LogP contribution < -0.4 is 15.8 Å². The Balaban J connectivity index is 1.90. The second kappa shape index (κ2) is 7.88. The minimum absolute atomic E-state index is 0.459. The lowest BCUT2D eigenvalue weighted by molar-refractivity contribution is 0.242. The Bertz CT molecular complexity index is 469. The van der Waals surface area contributed by atoms with Crippen molar-refractivity contribution < 1.29 is 4.74 Å². The number of ether oxygens (including phenoxy) is 1. The maximum Gasteiger partial charge on any atom is 0.193 e. The Morgan fingerprint density at radius 3 is 2.86 bits per heavy atom. The van der Waals surface area contributed by atoms with E-state index in [2.05, 4.69) is 22.1 Å². The molecule has 3 N–H and O–H groups in total. The zero-order valence-corrected chi connectivity index (χ0v) is 13.0. The van der Waals surface area contributed by atoms with Crippen molar-refractivity contribution in [1.82, 2.24) is 4.90 Å². The Kier molecular flexibility index (Phi) is 5.87. The van der Waals surface area contributed by atoms with Crippen molar-refractivity contribution in [2.45, 2.75) is 32.2 Å². The third kappa shape index (κ3) is 4.63. The molecule has 0 radical (unpaired) electrons. The first-order valence-corrected chi connectivity index (χ1v) is 7.68. The predicted octanol–water partition coefficient (Wildman–Crippen LogP) is 2.30. The summed E-state index contributed by atoms with van der Waals surface area (Å²) in [6.07, 6.45) is 3.71. The Hall–Kier alpha value is -1.75. The minimum atomic E-state index is 0.459. The SMILES string of the molecule is CCC(CN=C(N)Nc1cccc(OC)c1)N1CCCC1. The van der Waals surface area contributed by atoms with Crippen molar-refractivity contribution in [3.05, 3.63) is 24.3 Å². The van der Waals surface area contributed by atoms with Gasteiger partial charge in [-0.05, 0) is 44.5 Å². The lowest BCUT2D eigenvalue weighted by atomic mass is 10.2. The van der Waals surface area contributed by atoms with Gasteiger partial charge in [-0.15, -0.1) is 0 Å².